The Morgan fingerprint density at radius 3 is 2.88 bits per heavy atom. The van der Waals surface area contributed by atoms with Crippen molar-refractivity contribution in [2.75, 3.05) is 5.73 Å². The molecule has 0 atom stereocenters. The first kappa shape index (κ1) is 9.90. The van der Waals surface area contributed by atoms with E-state index in [9.17, 15) is 10.1 Å². The van der Waals surface area contributed by atoms with E-state index in [-0.39, 0.29) is 23.1 Å². The Morgan fingerprint density at radius 2 is 2.25 bits per heavy atom. The second kappa shape index (κ2) is 3.85. The van der Waals surface area contributed by atoms with Crippen molar-refractivity contribution in [3.05, 3.63) is 34.4 Å². The SMILES string of the molecule is Nc1nonc1Oc1cccc([N+](=O)[O-])c1. The zero-order chi connectivity index (χ0) is 11.5. The van der Waals surface area contributed by atoms with Crippen LogP contribution in [0.5, 0.6) is 11.6 Å². The molecule has 1 heterocycles. The number of aromatic nitrogens is 2. The summed E-state index contributed by atoms with van der Waals surface area (Å²) in [6, 6.07) is 5.60. The van der Waals surface area contributed by atoms with E-state index in [2.05, 4.69) is 14.9 Å². The number of hydrogen-bond donors (Lipinski definition) is 1. The highest BCUT2D eigenvalue weighted by Gasteiger charge is 2.11. The molecule has 0 aliphatic heterocycles. The average molecular weight is 222 g/mol. The number of nitrogen functional groups attached to an aromatic ring is 1. The highest BCUT2D eigenvalue weighted by molar-refractivity contribution is 5.43. The third-order valence-electron chi connectivity index (χ3n) is 1.72. The second-order valence-electron chi connectivity index (χ2n) is 2.81. The standard InChI is InChI=1S/C8H6N4O4/c9-7-8(11-16-10-7)15-6-3-1-2-5(4-6)12(13)14/h1-4H,(H2,9,10). The van der Waals surface area contributed by atoms with Gasteiger partial charge in [-0.25, -0.2) is 4.63 Å². The van der Waals surface area contributed by atoms with Gasteiger partial charge in [0.25, 0.3) is 5.69 Å². The van der Waals surface area contributed by atoms with Crippen LogP contribution < -0.4 is 10.5 Å². The summed E-state index contributed by atoms with van der Waals surface area (Å²) in [4.78, 5) is 9.97. The highest BCUT2D eigenvalue weighted by atomic mass is 16.6. The molecule has 8 nitrogen and oxygen atoms in total. The van der Waals surface area contributed by atoms with Gasteiger partial charge < -0.3 is 10.5 Å². The maximum Gasteiger partial charge on any atom is 0.305 e. The zero-order valence-electron chi connectivity index (χ0n) is 7.86. The van der Waals surface area contributed by atoms with Crippen LogP contribution in [0.4, 0.5) is 11.5 Å². The van der Waals surface area contributed by atoms with Crippen LogP contribution in [0.2, 0.25) is 0 Å². The molecule has 0 saturated carbocycles. The van der Waals surface area contributed by atoms with Crippen LogP contribution in [-0.2, 0) is 0 Å². The summed E-state index contributed by atoms with van der Waals surface area (Å²) >= 11 is 0. The molecule has 0 saturated heterocycles. The number of non-ortho nitro benzene ring substituents is 1. The van der Waals surface area contributed by atoms with Gasteiger partial charge in [-0.15, -0.1) is 0 Å². The first-order chi connectivity index (χ1) is 7.66. The van der Waals surface area contributed by atoms with E-state index in [0.717, 1.165) is 0 Å². The predicted octanol–water partition coefficient (Wildman–Crippen LogP) is 1.35. The molecule has 0 aliphatic rings. The molecule has 0 bridgehead atoms. The summed E-state index contributed by atoms with van der Waals surface area (Å²) in [5.41, 5.74) is 5.27. The summed E-state index contributed by atoms with van der Waals surface area (Å²) in [5.74, 6) is 0.184. The Bertz CT molecular complexity index is 524. The van der Waals surface area contributed by atoms with Crippen LogP contribution >= 0.6 is 0 Å². The molecule has 82 valence electrons. The van der Waals surface area contributed by atoms with E-state index in [4.69, 9.17) is 10.5 Å². The van der Waals surface area contributed by atoms with Crippen molar-refractivity contribution in [3.63, 3.8) is 0 Å². The quantitative estimate of drug-likeness (QED) is 0.615. The number of ether oxygens (including phenoxy) is 1. The van der Waals surface area contributed by atoms with Crippen molar-refractivity contribution < 1.29 is 14.3 Å². The van der Waals surface area contributed by atoms with Gasteiger partial charge in [-0.3, -0.25) is 10.1 Å². The van der Waals surface area contributed by atoms with Crippen LogP contribution in [0.25, 0.3) is 0 Å². The number of anilines is 1. The lowest BCUT2D eigenvalue weighted by atomic mass is 10.3. The third-order valence-corrected chi connectivity index (χ3v) is 1.72. The van der Waals surface area contributed by atoms with E-state index >= 15 is 0 Å². The van der Waals surface area contributed by atoms with Crippen molar-refractivity contribution in [2.24, 2.45) is 0 Å². The molecule has 2 aromatic rings. The lowest BCUT2D eigenvalue weighted by Gasteiger charge is -2.00. The van der Waals surface area contributed by atoms with E-state index in [1.807, 2.05) is 0 Å². The first-order valence-electron chi connectivity index (χ1n) is 4.17. The molecular formula is C8H6N4O4. The van der Waals surface area contributed by atoms with Crippen molar-refractivity contribution in [1.82, 2.24) is 10.3 Å². The fourth-order valence-corrected chi connectivity index (χ4v) is 1.03. The van der Waals surface area contributed by atoms with Crippen molar-refractivity contribution >= 4 is 11.5 Å². The number of nitrogens with two attached hydrogens (primary N) is 1. The maximum absolute atomic E-state index is 10.5. The van der Waals surface area contributed by atoms with Crippen LogP contribution in [-0.4, -0.2) is 15.2 Å². The predicted molar refractivity (Wildman–Crippen MR) is 51.9 cm³/mol. The van der Waals surface area contributed by atoms with E-state index in [1.165, 1.54) is 24.3 Å². The Balaban J connectivity index is 2.25. The van der Waals surface area contributed by atoms with Gasteiger partial charge in [-0.05, 0) is 16.4 Å². The number of benzene rings is 1. The Labute approximate surface area is 88.7 Å². The topological polar surface area (TPSA) is 117 Å². The minimum Gasteiger partial charge on any atom is -0.433 e. The molecule has 2 rings (SSSR count). The minimum absolute atomic E-state index is 0.0218. The fraction of sp³-hybridized carbons (Fsp3) is 0. The minimum atomic E-state index is -0.530. The molecule has 0 unspecified atom stereocenters. The number of hydrogen-bond acceptors (Lipinski definition) is 7. The third kappa shape index (κ3) is 1.90. The Morgan fingerprint density at radius 1 is 1.44 bits per heavy atom. The highest BCUT2D eigenvalue weighted by Crippen LogP contribution is 2.26. The van der Waals surface area contributed by atoms with Gasteiger partial charge >= 0.3 is 5.88 Å². The molecule has 8 heteroatoms. The Hall–Kier alpha value is -2.64. The van der Waals surface area contributed by atoms with Gasteiger partial charge in [0, 0.05) is 6.07 Å². The number of rotatable bonds is 3. The number of nitro benzene ring substituents is 1. The lowest BCUT2D eigenvalue weighted by molar-refractivity contribution is -0.384. The summed E-state index contributed by atoms with van der Waals surface area (Å²) in [6.07, 6.45) is 0. The molecule has 1 aromatic heterocycles. The largest absolute Gasteiger partial charge is 0.433 e. The van der Waals surface area contributed by atoms with Crippen molar-refractivity contribution in [1.29, 1.82) is 0 Å². The van der Waals surface area contributed by atoms with Gasteiger partial charge in [0.2, 0.25) is 5.82 Å². The van der Waals surface area contributed by atoms with Gasteiger partial charge in [-0.1, -0.05) is 6.07 Å². The molecular weight excluding hydrogens is 216 g/mol. The van der Waals surface area contributed by atoms with Gasteiger partial charge in [0.1, 0.15) is 5.75 Å². The van der Waals surface area contributed by atoms with Crippen molar-refractivity contribution in [3.8, 4) is 11.6 Å². The fourth-order valence-electron chi connectivity index (χ4n) is 1.03. The maximum atomic E-state index is 10.5. The average Bonchev–Trinajstić information content (AvgIpc) is 2.65. The van der Waals surface area contributed by atoms with E-state index < -0.39 is 4.92 Å². The summed E-state index contributed by atoms with van der Waals surface area (Å²) < 4.78 is 9.45. The molecule has 16 heavy (non-hydrogen) atoms. The molecule has 1 aromatic carbocycles. The molecule has 0 spiro atoms. The van der Waals surface area contributed by atoms with Gasteiger partial charge in [0.05, 0.1) is 11.0 Å². The van der Waals surface area contributed by atoms with Crippen LogP contribution in [0.15, 0.2) is 28.9 Å². The lowest BCUT2D eigenvalue weighted by Crippen LogP contribution is -1.92. The van der Waals surface area contributed by atoms with Gasteiger partial charge in [-0.2, -0.15) is 0 Å². The summed E-state index contributed by atoms with van der Waals surface area (Å²) in [5, 5.41) is 17.2. The van der Waals surface area contributed by atoms with E-state index in [0.29, 0.717) is 0 Å². The summed E-state index contributed by atoms with van der Waals surface area (Å²) in [7, 11) is 0. The van der Waals surface area contributed by atoms with Crippen LogP contribution in [0.3, 0.4) is 0 Å². The monoisotopic (exact) mass is 222 g/mol. The molecule has 0 radical (unpaired) electrons. The first-order valence-corrected chi connectivity index (χ1v) is 4.17. The van der Waals surface area contributed by atoms with Crippen LogP contribution in [0, 0.1) is 10.1 Å². The number of nitro groups is 1. The van der Waals surface area contributed by atoms with Gasteiger partial charge in [0.15, 0.2) is 0 Å². The molecule has 2 N–H and O–H groups in total. The molecule has 0 aliphatic carbocycles. The smallest absolute Gasteiger partial charge is 0.305 e. The Kier molecular flexibility index (Phi) is 2.38. The normalized spacial score (nSPS) is 10.0. The number of nitrogens with zero attached hydrogens (tertiary/aromatic N) is 3. The molecule has 0 amide bonds. The van der Waals surface area contributed by atoms with E-state index in [1.54, 1.807) is 0 Å². The van der Waals surface area contributed by atoms with Crippen LogP contribution in [0.1, 0.15) is 0 Å². The second-order valence-corrected chi connectivity index (χ2v) is 2.81. The molecule has 0 fully saturated rings. The van der Waals surface area contributed by atoms with Crippen molar-refractivity contribution in [2.45, 2.75) is 0 Å². The zero-order valence-corrected chi connectivity index (χ0v) is 7.86. The summed E-state index contributed by atoms with van der Waals surface area (Å²) in [6.45, 7) is 0.